The van der Waals surface area contributed by atoms with Crippen LogP contribution >= 0.6 is 0 Å². The van der Waals surface area contributed by atoms with E-state index in [1.807, 2.05) is 0 Å². The minimum atomic E-state index is 1.09. The molecule has 12 aromatic rings. The molecule has 310 valence electrons. The molecule has 0 aromatic heterocycles. The van der Waals surface area contributed by atoms with Crippen molar-refractivity contribution in [1.82, 2.24) is 0 Å². The Bertz CT molecular complexity index is 3580. The number of anilines is 6. The van der Waals surface area contributed by atoms with Crippen molar-refractivity contribution in [2.75, 3.05) is 9.80 Å². The molecule has 0 aliphatic carbocycles. The number of para-hydroxylation sites is 1. The zero-order valence-corrected chi connectivity index (χ0v) is 36.3. The van der Waals surface area contributed by atoms with Crippen LogP contribution in [-0.4, -0.2) is 0 Å². The highest BCUT2D eigenvalue weighted by molar-refractivity contribution is 6.26. The minimum absolute atomic E-state index is 1.09. The van der Waals surface area contributed by atoms with Gasteiger partial charge in [0.1, 0.15) is 0 Å². The summed E-state index contributed by atoms with van der Waals surface area (Å²) >= 11 is 0. The van der Waals surface area contributed by atoms with Gasteiger partial charge in [0.05, 0.1) is 5.69 Å². The van der Waals surface area contributed by atoms with E-state index in [9.17, 15) is 0 Å². The van der Waals surface area contributed by atoms with Crippen LogP contribution in [0.5, 0.6) is 0 Å². The summed E-state index contributed by atoms with van der Waals surface area (Å²) < 4.78 is 0. The third kappa shape index (κ3) is 7.21. The third-order valence-corrected chi connectivity index (χ3v) is 13.0. The lowest BCUT2D eigenvalue weighted by Gasteiger charge is -2.28. The Hall–Kier alpha value is -8.72. The first-order valence-corrected chi connectivity index (χ1v) is 22.7. The van der Waals surface area contributed by atoms with E-state index in [2.05, 4.69) is 277 Å². The maximum atomic E-state index is 2.41. The molecule has 0 aliphatic heterocycles. The summed E-state index contributed by atoms with van der Waals surface area (Å²) in [7, 11) is 0. The van der Waals surface area contributed by atoms with Crippen LogP contribution in [0.15, 0.2) is 267 Å². The molecule has 0 saturated carbocycles. The van der Waals surface area contributed by atoms with Crippen LogP contribution in [0.2, 0.25) is 0 Å². The molecule has 12 rings (SSSR count). The molecule has 0 spiro atoms. The zero-order valence-electron chi connectivity index (χ0n) is 36.3. The van der Waals surface area contributed by atoms with Crippen molar-refractivity contribution >= 4 is 66.4 Å². The molecule has 0 unspecified atom stereocenters. The van der Waals surface area contributed by atoms with Gasteiger partial charge in [-0.1, -0.05) is 194 Å². The molecular weight excluding hydrogens is 797 g/mol. The fourth-order valence-electron chi connectivity index (χ4n) is 9.73. The van der Waals surface area contributed by atoms with Gasteiger partial charge >= 0.3 is 0 Å². The second-order valence-corrected chi connectivity index (χ2v) is 17.0. The summed E-state index contributed by atoms with van der Waals surface area (Å²) in [5.74, 6) is 0. The van der Waals surface area contributed by atoms with Gasteiger partial charge in [-0.2, -0.15) is 0 Å². The molecule has 12 aromatic carbocycles. The summed E-state index contributed by atoms with van der Waals surface area (Å²) in [4.78, 5) is 4.75. The van der Waals surface area contributed by atoms with E-state index in [-0.39, 0.29) is 0 Å². The van der Waals surface area contributed by atoms with E-state index in [1.54, 1.807) is 0 Å². The molecule has 0 N–H and O–H groups in total. The fourth-order valence-corrected chi connectivity index (χ4v) is 9.73. The van der Waals surface area contributed by atoms with Gasteiger partial charge in [-0.25, -0.2) is 0 Å². The molecule has 0 amide bonds. The first-order chi connectivity index (χ1) is 32.7. The second-order valence-electron chi connectivity index (χ2n) is 17.0. The van der Waals surface area contributed by atoms with Crippen LogP contribution < -0.4 is 9.80 Å². The molecular formula is C64H44N2. The monoisotopic (exact) mass is 840 g/mol. The summed E-state index contributed by atoms with van der Waals surface area (Å²) in [6.07, 6.45) is 0. The number of rotatable bonds is 10. The Kier molecular flexibility index (Phi) is 9.89. The summed E-state index contributed by atoms with van der Waals surface area (Å²) in [6.45, 7) is 0. The molecule has 0 heterocycles. The van der Waals surface area contributed by atoms with Crippen molar-refractivity contribution in [3.8, 4) is 44.5 Å². The molecule has 0 fully saturated rings. The van der Waals surface area contributed by atoms with Crippen LogP contribution in [0, 0.1) is 0 Å². The molecule has 0 atom stereocenters. The quantitative estimate of drug-likeness (QED) is 0.127. The normalized spacial score (nSPS) is 11.3. The average Bonchev–Trinajstić information content (AvgIpc) is 3.40. The minimum Gasteiger partial charge on any atom is -0.311 e. The molecule has 2 heteroatoms. The Labute approximate surface area is 385 Å². The van der Waals surface area contributed by atoms with Crippen LogP contribution in [0.25, 0.3) is 76.8 Å². The average molecular weight is 841 g/mol. The lowest BCUT2D eigenvalue weighted by atomic mass is 9.92. The Morgan fingerprint density at radius 1 is 0.197 bits per heavy atom. The van der Waals surface area contributed by atoms with Gasteiger partial charge in [-0.05, 0) is 144 Å². The number of benzene rings is 12. The van der Waals surface area contributed by atoms with E-state index in [4.69, 9.17) is 0 Å². The number of hydrogen-bond acceptors (Lipinski definition) is 2. The van der Waals surface area contributed by atoms with Crippen LogP contribution in [0.3, 0.4) is 0 Å². The topological polar surface area (TPSA) is 6.48 Å². The number of hydrogen-bond donors (Lipinski definition) is 0. The SMILES string of the molecule is c1ccc(-c2ccc(N(c3ccc(-c4ccc(N(c5ccccc5)c5cc6cccc7ccc8cccc5c8c76)cc4)cc3)c3ccc(-c4cccc(-c5ccccc5)c4)cc3)cc2)cc1. The van der Waals surface area contributed by atoms with Crippen LogP contribution in [-0.2, 0) is 0 Å². The van der Waals surface area contributed by atoms with E-state index in [0.29, 0.717) is 0 Å². The van der Waals surface area contributed by atoms with Crippen molar-refractivity contribution in [3.63, 3.8) is 0 Å². The Morgan fingerprint density at radius 2 is 0.545 bits per heavy atom. The van der Waals surface area contributed by atoms with Gasteiger partial charge < -0.3 is 9.80 Å². The highest BCUT2D eigenvalue weighted by Crippen LogP contribution is 2.45. The first-order valence-electron chi connectivity index (χ1n) is 22.7. The predicted molar refractivity (Wildman–Crippen MR) is 281 cm³/mol. The third-order valence-electron chi connectivity index (χ3n) is 13.0. The second kappa shape index (κ2) is 16.8. The number of nitrogens with zero attached hydrogens (tertiary/aromatic N) is 2. The van der Waals surface area contributed by atoms with E-state index in [0.717, 1.165) is 39.6 Å². The Morgan fingerprint density at radius 3 is 1.06 bits per heavy atom. The standard InChI is InChI=1S/C64H44N2/c1-4-13-45(14-5-1)47-27-35-57(36-28-47)65(59-39-33-50(34-40-59)54-20-11-19-53(43-54)46-15-6-2-7-16-46)58-37-29-48(30-38-58)49-31-41-60(42-32-49)66(56-22-8-3-9-23-56)62-44-55-21-10-17-51-25-26-52-18-12-24-61(62)64(52)63(51)55/h1-44H. The van der Waals surface area contributed by atoms with E-state index in [1.165, 1.54) is 71.4 Å². The maximum Gasteiger partial charge on any atom is 0.0546 e. The van der Waals surface area contributed by atoms with Crippen molar-refractivity contribution in [2.45, 2.75) is 0 Å². The van der Waals surface area contributed by atoms with Crippen molar-refractivity contribution in [1.29, 1.82) is 0 Å². The zero-order chi connectivity index (χ0) is 43.8. The van der Waals surface area contributed by atoms with Crippen molar-refractivity contribution < 1.29 is 0 Å². The lowest BCUT2D eigenvalue weighted by molar-refractivity contribution is 1.28. The highest BCUT2D eigenvalue weighted by atomic mass is 15.1. The molecule has 2 nitrogen and oxygen atoms in total. The van der Waals surface area contributed by atoms with Gasteiger partial charge in [-0.3, -0.25) is 0 Å². The predicted octanol–water partition coefficient (Wildman–Crippen LogP) is 18.2. The first kappa shape index (κ1) is 38.9. The largest absolute Gasteiger partial charge is 0.311 e. The molecule has 0 radical (unpaired) electrons. The van der Waals surface area contributed by atoms with Gasteiger partial charge in [0.2, 0.25) is 0 Å². The Balaban J connectivity index is 0.889. The lowest BCUT2D eigenvalue weighted by Crippen LogP contribution is -2.10. The van der Waals surface area contributed by atoms with Gasteiger partial charge in [0, 0.05) is 33.8 Å². The van der Waals surface area contributed by atoms with E-state index < -0.39 is 0 Å². The maximum absolute atomic E-state index is 2.41. The van der Waals surface area contributed by atoms with Gasteiger partial charge in [-0.15, -0.1) is 0 Å². The molecule has 0 saturated heterocycles. The van der Waals surface area contributed by atoms with E-state index >= 15 is 0 Å². The van der Waals surface area contributed by atoms with Crippen LogP contribution in [0.1, 0.15) is 0 Å². The molecule has 0 bridgehead atoms. The van der Waals surface area contributed by atoms with Crippen molar-refractivity contribution in [2.24, 2.45) is 0 Å². The summed E-state index contributed by atoms with van der Waals surface area (Å²) in [5.41, 5.74) is 16.2. The summed E-state index contributed by atoms with van der Waals surface area (Å²) in [6, 6.07) is 96.7. The van der Waals surface area contributed by atoms with Gasteiger partial charge in [0.15, 0.2) is 0 Å². The molecule has 0 aliphatic rings. The smallest absolute Gasteiger partial charge is 0.0546 e. The van der Waals surface area contributed by atoms with Crippen molar-refractivity contribution in [3.05, 3.63) is 267 Å². The molecule has 66 heavy (non-hydrogen) atoms. The summed E-state index contributed by atoms with van der Waals surface area (Å²) in [5, 5.41) is 7.65. The fraction of sp³-hybridized carbons (Fsp3) is 0. The highest BCUT2D eigenvalue weighted by Gasteiger charge is 2.20. The van der Waals surface area contributed by atoms with Crippen LogP contribution in [0.4, 0.5) is 34.1 Å². The van der Waals surface area contributed by atoms with Gasteiger partial charge in [0.25, 0.3) is 0 Å².